The van der Waals surface area contributed by atoms with E-state index in [1.54, 1.807) is 24.3 Å². The summed E-state index contributed by atoms with van der Waals surface area (Å²) in [6, 6.07) is 6.22. The van der Waals surface area contributed by atoms with Crippen molar-refractivity contribution in [1.29, 1.82) is 0 Å². The highest BCUT2D eigenvalue weighted by molar-refractivity contribution is 6.33. The Hall–Kier alpha value is -1.55. The van der Waals surface area contributed by atoms with Crippen molar-refractivity contribution in [1.82, 2.24) is 5.32 Å². The van der Waals surface area contributed by atoms with E-state index >= 15 is 0 Å². The summed E-state index contributed by atoms with van der Waals surface area (Å²) in [5.41, 5.74) is -0.00113. The maximum Gasteiger partial charge on any atom is 0.305 e. The summed E-state index contributed by atoms with van der Waals surface area (Å²) < 4.78 is 0. The third kappa shape index (κ3) is 4.56. The van der Waals surface area contributed by atoms with Gasteiger partial charge in [-0.3, -0.25) is 9.59 Å². The number of aliphatic carboxylic acids is 1. The Kier molecular flexibility index (Phi) is 4.95. The van der Waals surface area contributed by atoms with Crippen LogP contribution < -0.4 is 5.32 Å². The van der Waals surface area contributed by atoms with E-state index in [0.29, 0.717) is 10.6 Å². The second-order valence-electron chi connectivity index (χ2n) is 5.47. The number of hydrogen-bond acceptors (Lipinski definition) is 2. The molecule has 4 nitrogen and oxygen atoms in total. The topological polar surface area (TPSA) is 66.4 Å². The first-order valence-corrected chi connectivity index (χ1v) is 6.37. The van der Waals surface area contributed by atoms with Gasteiger partial charge in [0.2, 0.25) is 0 Å². The van der Waals surface area contributed by atoms with Gasteiger partial charge in [0.05, 0.1) is 17.0 Å². The summed E-state index contributed by atoms with van der Waals surface area (Å²) in [7, 11) is 0. The van der Waals surface area contributed by atoms with Gasteiger partial charge in [-0.15, -0.1) is 0 Å². The highest BCUT2D eigenvalue weighted by Gasteiger charge is 2.29. The number of carbonyl (C=O) groups excluding carboxylic acids is 1. The number of nitrogens with one attached hydrogen (secondary N) is 1. The van der Waals surface area contributed by atoms with Gasteiger partial charge < -0.3 is 10.4 Å². The summed E-state index contributed by atoms with van der Waals surface area (Å²) in [5, 5.41) is 12.0. The average molecular weight is 284 g/mol. The highest BCUT2D eigenvalue weighted by Crippen LogP contribution is 2.23. The van der Waals surface area contributed by atoms with E-state index in [0.717, 1.165) is 0 Å². The van der Waals surface area contributed by atoms with Crippen LogP contribution in [0.3, 0.4) is 0 Å². The molecule has 0 aliphatic heterocycles. The monoisotopic (exact) mass is 283 g/mol. The molecule has 0 bridgehead atoms. The second kappa shape index (κ2) is 6.06. The first-order chi connectivity index (χ1) is 8.71. The molecule has 1 rings (SSSR count). The van der Waals surface area contributed by atoms with Crippen molar-refractivity contribution in [3.05, 3.63) is 34.9 Å². The minimum absolute atomic E-state index is 0.125. The summed E-state index contributed by atoms with van der Waals surface area (Å²) in [6.07, 6.45) is -0.125. The van der Waals surface area contributed by atoms with E-state index in [9.17, 15) is 9.59 Å². The Balaban J connectivity index is 2.88. The molecule has 2 N–H and O–H groups in total. The van der Waals surface area contributed by atoms with Crippen molar-refractivity contribution in [3.8, 4) is 0 Å². The van der Waals surface area contributed by atoms with Gasteiger partial charge in [-0.1, -0.05) is 44.5 Å². The first kappa shape index (κ1) is 15.5. The van der Waals surface area contributed by atoms with Crippen LogP contribution in [0.15, 0.2) is 24.3 Å². The quantitative estimate of drug-likeness (QED) is 0.893. The molecule has 0 saturated carbocycles. The molecule has 104 valence electrons. The first-order valence-electron chi connectivity index (χ1n) is 5.99. The van der Waals surface area contributed by atoms with Gasteiger partial charge in [-0.25, -0.2) is 0 Å². The van der Waals surface area contributed by atoms with E-state index in [1.807, 2.05) is 20.8 Å². The Morgan fingerprint density at radius 2 is 1.89 bits per heavy atom. The summed E-state index contributed by atoms with van der Waals surface area (Å²) in [5.74, 6) is -1.30. The molecule has 0 spiro atoms. The van der Waals surface area contributed by atoms with Gasteiger partial charge in [-0.2, -0.15) is 0 Å². The normalized spacial score (nSPS) is 12.8. The van der Waals surface area contributed by atoms with Crippen LogP contribution in [0.4, 0.5) is 0 Å². The Morgan fingerprint density at radius 3 is 2.37 bits per heavy atom. The number of carboxylic acids is 1. The van der Waals surface area contributed by atoms with Crippen molar-refractivity contribution >= 4 is 23.5 Å². The number of hydrogen-bond donors (Lipinski definition) is 2. The standard InChI is InChI=1S/C14H18ClNO3/c1-14(2,3)11(8-12(17)18)16-13(19)9-6-4-5-7-10(9)15/h4-7,11H,8H2,1-3H3,(H,16,19)(H,17,18). The smallest absolute Gasteiger partial charge is 0.305 e. The number of amides is 1. The van der Waals surface area contributed by atoms with E-state index in [-0.39, 0.29) is 17.7 Å². The van der Waals surface area contributed by atoms with E-state index < -0.39 is 12.0 Å². The number of carbonyl (C=O) groups is 2. The zero-order valence-corrected chi connectivity index (χ0v) is 12.0. The molecule has 1 unspecified atom stereocenters. The van der Waals surface area contributed by atoms with Crippen LogP contribution in [0.2, 0.25) is 5.02 Å². The minimum Gasteiger partial charge on any atom is -0.481 e. The summed E-state index contributed by atoms with van der Waals surface area (Å²) in [4.78, 5) is 23.0. The second-order valence-corrected chi connectivity index (χ2v) is 5.88. The van der Waals surface area contributed by atoms with E-state index in [2.05, 4.69) is 5.32 Å². The van der Waals surface area contributed by atoms with Gasteiger partial charge in [-0.05, 0) is 17.5 Å². The maximum absolute atomic E-state index is 12.1. The largest absolute Gasteiger partial charge is 0.481 e. The van der Waals surface area contributed by atoms with E-state index in [4.69, 9.17) is 16.7 Å². The van der Waals surface area contributed by atoms with Gasteiger partial charge >= 0.3 is 5.97 Å². The van der Waals surface area contributed by atoms with Crippen molar-refractivity contribution in [2.75, 3.05) is 0 Å². The van der Waals surface area contributed by atoms with Crippen LogP contribution in [0.25, 0.3) is 0 Å². The molecule has 1 aromatic carbocycles. The Bertz CT molecular complexity index is 480. The molecule has 19 heavy (non-hydrogen) atoms. The van der Waals surface area contributed by atoms with Crippen LogP contribution >= 0.6 is 11.6 Å². The molecule has 0 radical (unpaired) electrons. The summed E-state index contributed by atoms with van der Waals surface area (Å²) >= 11 is 5.95. The molecule has 1 amide bonds. The van der Waals surface area contributed by atoms with Crippen molar-refractivity contribution < 1.29 is 14.7 Å². The number of halogens is 1. The molecule has 1 aromatic rings. The van der Waals surface area contributed by atoms with Crippen molar-refractivity contribution in [2.24, 2.45) is 5.41 Å². The molecule has 5 heteroatoms. The van der Waals surface area contributed by atoms with Gasteiger partial charge in [0, 0.05) is 6.04 Å². The maximum atomic E-state index is 12.1. The fourth-order valence-corrected chi connectivity index (χ4v) is 1.85. The fraction of sp³-hybridized carbons (Fsp3) is 0.429. The van der Waals surface area contributed by atoms with Gasteiger partial charge in [0.15, 0.2) is 0 Å². The molecular weight excluding hydrogens is 266 g/mol. The van der Waals surface area contributed by atoms with Gasteiger partial charge in [0.1, 0.15) is 0 Å². The van der Waals surface area contributed by atoms with E-state index in [1.165, 1.54) is 0 Å². The Labute approximate surface area is 117 Å². The van der Waals surface area contributed by atoms with Crippen LogP contribution in [0.5, 0.6) is 0 Å². The minimum atomic E-state index is -0.945. The third-order valence-corrected chi connectivity index (χ3v) is 3.18. The van der Waals surface area contributed by atoms with Crippen molar-refractivity contribution in [3.63, 3.8) is 0 Å². The average Bonchev–Trinajstić information content (AvgIpc) is 2.26. The fourth-order valence-electron chi connectivity index (χ4n) is 1.63. The van der Waals surface area contributed by atoms with Crippen molar-refractivity contribution in [2.45, 2.75) is 33.2 Å². The lowest BCUT2D eigenvalue weighted by Crippen LogP contribution is -2.45. The molecular formula is C14H18ClNO3. The lowest BCUT2D eigenvalue weighted by Gasteiger charge is -2.30. The molecule has 0 aliphatic rings. The molecule has 0 heterocycles. The van der Waals surface area contributed by atoms with Crippen LogP contribution in [-0.2, 0) is 4.79 Å². The molecule has 0 aromatic heterocycles. The van der Waals surface area contributed by atoms with Crippen LogP contribution in [0.1, 0.15) is 37.6 Å². The SMILES string of the molecule is CC(C)(C)C(CC(=O)O)NC(=O)c1ccccc1Cl. The van der Waals surface area contributed by atoms with Crippen LogP contribution in [-0.4, -0.2) is 23.0 Å². The predicted molar refractivity (Wildman–Crippen MR) is 74.4 cm³/mol. The lowest BCUT2D eigenvalue weighted by molar-refractivity contribution is -0.138. The lowest BCUT2D eigenvalue weighted by atomic mass is 9.84. The molecule has 0 saturated heterocycles. The number of benzene rings is 1. The summed E-state index contributed by atoms with van der Waals surface area (Å²) in [6.45, 7) is 5.65. The zero-order valence-electron chi connectivity index (χ0n) is 11.2. The van der Waals surface area contributed by atoms with Gasteiger partial charge in [0.25, 0.3) is 5.91 Å². The number of rotatable bonds is 4. The molecule has 0 fully saturated rings. The predicted octanol–water partition coefficient (Wildman–Crippen LogP) is 2.96. The zero-order chi connectivity index (χ0) is 14.6. The highest BCUT2D eigenvalue weighted by atomic mass is 35.5. The Morgan fingerprint density at radius 1 is 1.32 bits per heavy atom. The molecule has 0 aliphatic carbocycles. The molecule has 1 atom stereocenters. The van der Waals surface area contributed by atoms with Crippen LogP contribution in [0, 0.1) is 5.41 Å². The number of carboxylic acid groups (broad SMARTS) is 1. The third-order valence-electron chi connectivity index (χ3n) is 2.85.